The van der Waals surface area contributed by atoms with Crippen LogP contribution in [0.25, 0.3) is 0 Å². The van der Waals surface area contributed by atoms with Crippen LogP contribution in [0.5, 0.6) is 5.75 Å². The summed E-state index contributed by atoms with van der Waals surface area (Å²) in [5.41, 5.74) is -0.00867. The number of aromatic nitrogens is 1. The highest BCUT2D eigenvalue weighted by atomic mass is 79.9. The van der Waals surface area contributed by atoms with Crippen molar-refractivity contribution >= 4 is 0 Å². The number of ether oxygens (including phenoxy) is 2. The van der Waals surface area contributed by atoms with Crippen LogP contribution in [0.3, 0.4) is 0 Å². The molecule has 1 N–H and O–H groups in total. The van der Waals surface area contributed by atoms with Gasteiger partial charge in [0.15, 0.2) is 0 Å². The molecule has 1 saturated carbocycles. The van der Waals surface area contributed by atoms with E-state index in [0.29, 0.717) is 12.5 Å². The summed E-state index contributed by atoms with van der Waals surface area (Å²) >= 11 is 0. The molecule has 1 aromatic carbocycles. The van der Waals surface area contributed by atoms with E-state index >= 15 is 0 Å². The summed E-state index contributed by atoms with van der Waals surface area (Å²) < 4.78 is 13.7. The molecular formula is C28H39BrN2O3. The van der Waals surface area contributed by atoms with Gasteiger partial charge in [0.1, 0.15) is 24.0 Å². The Morgan fingerprint density at radius 2 is 1.76 bits per heavy atom. The van der Waals surface area contributed by atoms with Gasteiger partial charge in [-0.1, -0.05) is 37.1 Å². The Labute approximate surface area is 214 Å². The van der Waals surface area contributed by atoms with Crippen LogP contribution in [-0.4, -0.2) is 60.1 Å². The third-order valence-electron chi connectivity index (χ3n) is 8.54. The minimum absolute atomic E-state index is 0. The van der Waals surface area contributed by atoms with Crippen LogP contribution in [0, 0.1) is 11.8 Å². The van der Waals surface area contributed by atoms with Gasteiger partial charge in [-0.3, -0.25) is 4.98 Å². The molecule has 4 fully saturated rings. The average molecular weight is 532 g/mol. The van der Waals surface area contributed by atoms with E-state index in [4.69, 9.17) is 9.47 Å². The van der Waals surface area contributed by atoms with E-state index in [1.54, 1.807) is 6.20 Å². The third kappa shape index (κ3) is 5.67. The molecule has 2 unspecified atom stereocenters. The number of halogens is 1. The van der Waals surface area contributed by atoms with Gasteiger partial charge in [-0.15, -0.1) is 0 Å². The van der Waals surface area contributed by atoms with Crippen LogP contribution < -0.4 is 21.7 Å². The SMILES string of the molecule is OC(COC1C[N+]2(CCCOc3ccccc3)CCC1CC2)(c1cccnc1)C1CCCC1.[Br-]. The highest BCUT2D eigenvalue weighted by Crippen LogP contribution is 2.42. The maximum atomic E-state index is 11.8. The van der Waals surface area contributed by atoms with Crippen molar-refractivity contribution in [2.75, 3.05) is 39.4 Å². The molecule has 2 atom stereocenters. The molecule has 6 rings (SSSR count). The van der Waals surface area contributed by atoms with Crippen LogP contribution in [0.2, 0.25) is 0 Å². The summed E-state index contributed by atoms with van der Waals surface area (Å²) in [5, 5.41) is 11.8. The van der Waals surface area contributed by atoms with Gasteiger partial charge < -0.3 is 36.0 Å². The van der Waals surface area contributed by atoms with Crippen LogP contribution in [0.4, 0.5) is 0 Å². The summed E-state index contributed by atoms with van der Waals surface area (Å²) in [7, 11) is 0. The van der Waals surface area contributed by atoms with E-state index in [9.17, 15) is 5.11 Å². The maximum Gasteiger partial charge on any atom is 0.119 e. The van der Waals surface area contributed by atoms with Gasteiger partial charge in [0.2, 0.25) is 0 Å². The number of hydrogen-bond donors (Lipinski definition) is 1. The van der Waals surface area contributed by atoms with Gasteiger partial charge in [0, 0.05) is 43.1 Å². The van der Waals surface area contributed by atoms with E-state index in [-0.39, 0.29) is 29.0 Å². The molecule has 0 radical (unpaired) electrons. The van der Waals surface area contributed by atoms with E-state index in [2.05, 4.69) is 4.98 Å². The summed E-state index contributed by atoms with van der Waals surface area (Å²) in [5.74, 6) is 1.85. The minimum atomic E-state index is -0.925. The van der Waals surface area contributed by atoms with Crippen LogP contribution in [0.15, 0.2) is 54.9 Å². The number of para-hydroxylation sites is 1. The Morgan fingerprint density at radius 3 is 2.47 bits per heavy atom. The molecule has 6 heteroatoms. The van der Waals surface area contributed by atoms with Crippen molar-refractivity contribution in [2.45, 2.75) is 56.7 Å². The molecule has 0 spiro atoms. The summed E-state index contributed by atoms with van der Waals surface area (Å²) in [6.07, 6.45) is 11.9. The number of hydrogen-bond acceptors (Lipinski definition) is 4. The molecule has 186 valence electrons. The molecule has 2 aromatic rings. The predicted octanol–water partition coefficient (Wildman–Crippen LogP) is 1.56. The van der Waals surface area contributed by atoms with E-state index in [1.807, 2.05) is 48.7 Å². The largest absolute Gasteiger partial charge is 1.00 e. The second kappa shape index (κ2) is 11.5. The molecule has 5 nitrogen and oxygen atoms in total. The first-order chi connectivity index (χ1) is 16.2. The van der Waals surface area contributed by atoms with Crippen LogP contribution >= 0.6 is 0 Å². The van der Waals surface area contributed by atoms with Gasteiger partial charge in [-0.2, -0.15) is 0 Å². The fraction of sp³-hybridized carbons (Fsp3) is 0.607. The molecule has 4 heterocycles. The summed E-state index contributed by atoms with van der Waals surface area (Å²) in [6, 6.07) is 14.1. The lowest BCUT2D eigenvalue weighted by atomic mass is 9.80. The smallest absolute Gasteiger partial charge is 0.119 e. The molecule has 2 bridgehead atoms. The number of quaternary nitrogens is 1. The van der Waals surface area contributed by atoms with Gasteiger partial charge in [0.25, 0.3) is 0 Å². The molecule has 1 aromatic heterocycles. The van der Waals surface area contributed by atoms with E-state index in [1.165, 1.54) is 38.8 Å². The number of pyridine rings is 1. The second-order valence-electron chi connectivity index (χ2n) is 10.5. The van der Waals surface area contributed by atoms with E-state index in [0.717, 1.165) is 54.8 Å². The Morgan fingerprint density at radius 1 is 1.00 bits per heavy atom. The molecule has 0 amide bonds. The maximum absolute atomic E-state index is 11.8. The molecule has 3 saturated heterocycles. The predicted molar refractivity (Wildman–Crippen MR) is 129 cm³/mol. The fourth-order valence-electron chi connectivity index (χ4n) is 6.52. The lowest BCUT2D eigenvalue weighted by Gasteiger charge is -2.53. The highest BCUT2D eigenvalue weighted by Gasteiger charge is 2.48. The summed E-state index contributed by atoms with van der Waals surface area (Å²) in [4.78, 5) is 4.30. The zero-order chi connectivity index (χ0) is 22.6. The van der Waals surface area contributed by atoms with Crippen LogP contribution in [0.1, 0.15) is 50.5 Å². The number of nitrogens with zero attached hydrogens (tertiary/aromatic N) is 2. The fourth-order valence-corrected chi connectivity index (χ4v) is 6.52. The normalized spacial score (nSPS) is 28.3. The first-order valence-corrected chi connectivity index (χ1v) is 12.9. The first kappa shape index (κ1) is 25.6. The molecule has 34 heavy (non-hydrogen) atoms. The van der Waals surface area contributed by atoms with Crippen LogP contribution in [-0.2, 0) is 10.3 Å². The Kier molecular flexibility index (Phi) is 8.67. The Balaban J connectivity index is 0.00000274. The quantitative estimate of drug-likeness (QED) is 0.374. The standard InChI is InChI=1S/C28H39N2O3.BrH/c31-28(24-8-4-5-9-24,25-10-6-15-29-20-25)22-33-27-21-30(17-13-23(27)14-18-30)16-7-19-32-26-11-2-1-3-12-26;/h1-3,6,10-12,15,20,23-24,27,31H,4-5,7-9,13-14,16-19,21-22H2;1H/q+1;/p-1. The van der Waals surface area contributed by atoms with Crippen molar-refractivity contribution in [3.8, 4) is 5.75 Å². The van der Waals surface area contributed by atoms with Crippen molar-refractivity contribution in [1.82, 2.24) is 4.98 Å². The van der Waals surface area contributed by atoms with Gasteiger partial charge in [0.05, 0.1) is 32.8 Å². The van der Waals surface area contributed by atoms with E-state index < -0.39 is 5.60 Å². The third-order valence-corrected chi connectivity index (χ3v) is 8.54. The van der Waals surface area contributed by atoms with Gasteiger partial charge >= 0.3 is 0 Å². The monoisotopic (exact) mass is 530 g/mol. The number of piperidine rings is 3. The second-order valence-corrected chi connectivity index (χ2v) is 10.5. The van der Waals surface area contributed by atoms with Gasteiger partial charge in [-0.05, 0) is 37.0 Å². The lowest BCUT2D eigenvalue weighted by molar-refractivity contribution is -0.946. The lowest BCUT2D eigenvalue weighted by Crippen LogP contribution is -3.00. The van der Waals surface area contributed by atoms with Crippen molar-refractivity contribution in [3.05, 3.63) is 60.4 Å². The highest BCUT2D eigenvalue weighted by molar-refractivity contribution is 5.21. The number of aliphatic hydroxyl groups is 1. The average Bonchev–Trinajstić information content (AvgIpc) is 3.43. The Bertz CT molecular complexity index is 870. The topological polar surface area (TPSA) is 51.6 Å². The zero-order valence-corrected chi connectivity index (χ0v) is 21.7. The van der Waals surface area contributed by atoms with Crippen molar-refractivity contribution < 1.29 is 36.0 Å². The zero-order valence-electron chi connectivity index (χ0n) is 20.2. The van der Waals surface area contributed by atoms with Gasteiger partial charge in [-0.25, -0.2) is 0 Å². The molecule has 4 aliphatic rings. The number of benzene rings is 1. The summed E-state index contributed by atoms with van der Waals surface area (Å²) in [6.45, 7) is 5.89. The molecule has 1 aliphatic carbocycles. The van der Waals surface area contributed by atoms with Crippen molar-refractivity contribution in [1.29, 1.82) is 0 Å². The molecular weight excluding hydrogens is 492 g/mol. The minimum Gasteiger partial charge on any atom is -1.00 e. The Hall–Kier alpha value is -1.47. The van der Waals surface area contributed by atoms with Crippen molar-refractivity contribution in [3.63, 3.8) is 0 Å². The number of rotatable bonds is 10. The molecule has 3 aliphatic heterocycles. The first-order valence-electron chi connectivity index (χ1n) is 12.9. The van der Waals surface area contributed by atoms with Crippen molar-refractivity contribution in [2.24, 2.45) is 11.8 Å². The number of fused-ring (bicyclic) bond motifs is 3.